The van der Waals surface area contributed by atoms with Gasteiger partial charge in [-0.3, -0.25) is 4.98 Å². The third-order valence-electron chi connectivity index (χ3n) is 1.57. The van der Waals surface area contributed by atoms with E-state index in [9.17, 15) is 17.2 Å². The summed E-state index contributed by atoms with van der Waals surface area (Å²) in [6.45, 7) is 0. The Morgan fingerprint density at radius 2 is 2.06 bits per heavy atom. The van der Waals surface area contributed by atoms with E-state index < -0.39 is 36.7 Å². The summed E-state index contributed by atoms with van der Waals surface area (Å²) in [7, 11) is 0.601. The van der Waals surface area contributed by atoms with E-state index in [4.69, 9.17) is 27.5 Å². The molecule has 0 aliphatic carbocycles. The monoisotopic (exact) mass is 286 g/mol. The summed E-state index contributed by atoms with van der Waals surface area (Å²) in [5.74, 6) is 0. The van der Waals surface area contributed by atoms with Gasteiger partial charge in [0.15, 0.2) is 0 Å². The standard InChI is InChI=1S/C7H2Cl2F2N2O2S/c8-4-5(7(10)11)13-2-3(1-12)6(4)16(9,14)15/h2,7H. The van der Waals surface area contributed by atoms with Gasteiger partial charge in [0.1, 0.15) is 16.7 Å². The zero-order chi connectivity index (χ0) is 12.5. The van der Waals surface area contributed by atoms with Gasteiger partial charge in [0.2, 0.25) is 0 Å². The van der Waals surface area contributed by atoms with E-state index in [1.165, 1.54) is 6.07 Å². The molecule has 1 aromatic rings. The Balaban J connectivity index is 3.69. The molecule has 0 radical (unpaired) electrons. The summed E-state index contributed by atoms with van der Waals surface area (Å²) in [6.07, 6.45) is -2.37. The minimum atomic E-state index is -4.39. The SMILES string of the molecule is N#Cc1cnc(C(F)F)c(Cl)c1S(=O)(=O)Cl. The molecule has 86 valence electrons. The second-order valence-electron chi connectivity index (χ2n) is 2.55. The van der Waals surface area contributed by atoms with Crippen molar-refractivity contribution in [1.29, 1.82) is 5.26 Å². The van der Waals surface area contributed by atoms with E-state index in [-0.39, 0.29) is 0 Å². The Morgan fingerprint density at radius 1 is 1.50 bits per heavy atom. The second kappa shape index (κ2) is 4.49. The van der Waals surface area contributed by atoms with Crippen molar-refractivity contribution in [1.82, 2.24) is 4.98 Å². The van der Waals surface area contributed by atoms with E-state index in [1.54, 1.807) is 0 Å². The molecule has 0 aliphatic rings. The maximum atomic E-state index is 12.4. The molecule has 0 aliphatic heterocycles. The van der Waals surface area contributed by atoms with Gasteiger partial charge in [-0.2, -0.15) is 5.26 Å². The normalized spacial score (nSPS) is 11.5. The predicted molar refractivity (Wildman–Crippen MR) is 52.0 cm³/mol. The highest BCUT2D eigenvalue weighted by molar-refractivity contribution is 8.13. The first-order valence-corrected chi connectivity index (χ1v) is 6.29. The number of hydrogen-bond donors (Lipinski definition) is 0. The van der Waals surface area contributed by atoms with Crippen LogP contribution in [0.15, 0.2) is 11.1 Å². The Hall–Kier alpha value is -0.970. The molecule has 0 fully saturated rings. The van der Waals surface area contributed by atoms with Gasteiger partial charge in [-0.15, -0.1) is 0 Å². The Labute approximate surface area is 98.8 Å². The van der Waals surface area contributed by atoms with Gasteiger partial charge in [0.05, 0.1) is 10.6 Å². The first-order chi connectivity index (χ1) is 7.29. The van der Waals surface area contributed by atoms with Crippen LogP contribution in [-0.4, -0.2) is 13.4 Å². The summed E-state index contributed by atoms with van der Waals surface area (Å²) < 4.78 is 46.9. The van der Waals surface area contributed by atoms with Crippen LogP contribution < -0.4 is 0 Å². The maximum absolute atomic E-state index is 12.4. The lowest BCUT2D eigenvalue weighted by Gasteiger charge is -2.06. The van der Waals surface area contributed by atoms with Crippen molar-refractivity contribution >= 4 is 31.3 Å². The van der Waals surface area contributed by atoms with E-state index in [0.29, 0.717) is 6.20 Å². The third-order valence-corrected chi connectivity index (χ3v) is 3.44. The minimum Gasteiger partial charge on any atom is -0.252 e. The van der Waals surface area contributed by atoms with Crippen LogP contribution in [0.5, 0.6) is 0 Å². The molecule has 1 heterocycles. The third kappa shape index (κ3) is 2.40. The zero-order valence-corrected chi connectivity index (χ0v) is 9.61. The number of rotatable bonds is 2. The lowest BCUT2D eigenvalue weighted by molar-refractivity contribution is 0.146. The van der Waals surface area contributed by atoms with E-state index >= 15 is 0 Å². The van der Waals surface area contributed by atoms with Crippen molar-refractivity contribution < 1.29 is 17.2 Å². The zero-order valence-electron chi connectivity index (χ0n) is 7.29. The largest absolute Gasteiger partial charge is 0.281 e. The molecule has 0 atom stereocenters. The molecule has 0 saturated heterocycles. The molecule has 0 aromatic carbocycles. The van der Waals surface area contributed by atoms with Crippen LogP contribution in [0, 0.1) is 11.3 Å². The van der Waals surface area contributed by atoms with Crippen molar-refractivity contribution in [2.75, 3.05) is 0 Å². The van der Waals surface area contributed by atoms with Gasteiger partial charge in [0.25, 0.3) is 15.5 Å². The average molecular weight is 287 g/mol. The van der Waals surface area contributed by atoms with Crippen LogP contribution in [0.4, 0.5) is 8.78 Å². The van der Waals surface area contributed by atoms with Crippen LogP contribution in [-0.2, 0) is 9.05 Å². The molecular formula is C7H2Cl2F2N2O2S. The predicted octanol–water partition coefficient (Wildman–Crippen LogP) is 2.47. The summed E-state index contributed by atoms with van der Waals surface area (Å²) in [4.78, 5) is 2.35. The highest BCUT2D eigenvalue weighted by atomic mass is 35.7. The molecule has 0 amide bonds. The summed E-state index contributed by atoms with van der Waals surface area (Å²) in [5, 5.41) is 7.75. The quantitative estimate of drug-likeness (QED) is 0.783. The number of nitriles is 1. The number of nitrogens with zero attached hydrogens (tertiary/aromatic N) is 2. The number of pyridine rings is 1. The fraction of sp³-hybridized carbons (Fsp3) is 0.143. The van der Waals surface area contributed by atoms with Crippen LogP contribution in [0.1, 0.15) is 17.7 Å². The lowest BCUT2D eigenvalue weighted by atomic mass is 10.2. The summed E-state index contributed by atoms with van der Waals surface area (Å²) in [5.41, 5.74) is -1.41. The van der Waals surface area contributed by atoms with E-state index in [0.717, 1.165) is 0 Å². The average Bonchev–Trinajstić information content (AvgIpc) is 2.14. The van der Waals surface area contributed by atoms with Gasteiger partial charge in [-0.1, -0.05) is 11.6 Å². The molecule has 0 spiro atoms. The first-order valence-electron chi connectivity index (χ1n) is 3.60. The molecule has 0 saturated carbocycles. The van der Waals surface area contributed by atoms with Gasteiger partial charge >= 0.3 is 0 Å². The number of alkyl halides is 2. The van der Waals surface area contributed by atoms with Gasteiger partial charge < -0.3 is 0 Å². The van der Waals surface area contributed by atoms with Crippen LogP contribution in [0.25, 0.3) is 0 Å². The molecule has 16 heavy (non-hydrogen) atoms. The summed E-state index contributed by atoms with van der Waals surface area (Å²) in [6, 6.07) is 1.45. The molecule has 0 unspecified atom stereocenters. The van der Waals surface area contributed by atoms with Crippen molar-refractivity contribution in [3.63, 3.8) is 0 Å². The minimum absolute atomic E-state index is 0.482. The highest BCUT2D eigenvalue weighted by Crippen LogP contribution is 2.34. The van der Waals surface area contributed by atoms with Crippen molar-refractivity contribution in [3.05, 3.63) is 22.5 Å². The van der Waals surface area contributed by atoms with Crippen LogP contribution in [0.2, 0.25) is 5.02 Å². The molecule has 0 N–H and O–H groups in total. The first kappa shape index (κ1) is 13.1. The number of halogens is 4. The Morgan fingerprint density at radius 3 is 2.44 bits per heavy atom. The van der Waals surface area contributed by atoms with Crippen molar-refractivity contribution in [2.24, 2.45) is 0 Å². The lowest BCUT2D eigenvalue weighted by Crippen LogP contribution is -2.02. The molecular weight excluding hydrogens is 285 g/mol. The number of hydrogen-bond acceptors (Lipinski definition) is 4. The second-order valence-corrected chi connectivity index (χ2v) is 5.43. The fourth-order valence-corrected chi connectivity index (χ4v) is 2.77. The molecule has 4 nitrogen and oxygen atoms in total. The Kier molecular flexibility index (Phi) is 3.68. The van der Waals surface area contributed by atoms with E-state index in [1.807, 2.05) is 0 Å². The van der Waals surface area contributed by atoms with Gasteiger partial charge in [-0.25, -0.2) is 17.2 Å². The molecule has 1 aromatic heterocycles. The van der Waals surface area contributed by atoms with E-state index in [2.05, 4.69) is 4.98 Å². The summed E-state index contributed by atoms with van der Waals surface area (Å²) >= 11 is 5.42. The number of aromatic nitrogens is 1. The van der Waals surface area contributed by atoms with Crippen LogP contribution >= 0.6 is 22.3 Å². The van der Waals surface area contributed by atoms with Gasteiger partial charge in [0, 0.05) is 16.9 Å². The fourth-order valence-electron chi connectivity index (χ4n) is 0.954. The van der Waals surface area contributed by atoms with Crippen molar-refractivity contribution in [2.45, 2.75) is 11.3 Å². The topological polar surface area (TPSA) is 70.8 Å². The smallest absolute Gasteiger partial charge is 0.252 e. The maximum Gasteiger partial charge on any atom is 0.281 e. The van der Waals surface area contributed by atoms with Crippen LogP contribution in [0.3, 0.4) is 0 Å². The molecule has 0 bridgehead atoms. The molecule has 9 heteroatoms. The molecule has 1 rings (SSSR count). The highest BCUT2D eigenvalue weighted by Gasteiger charge is 2.26. The van der Waals surface area contributed by atoms with Gasteiger partial charge in [-0.05, 0) is 0 Å². The Bertz CT molecular complexity index is 568. The van der Waals surface area contributed by atoms with Crippen molar-refractivity contribution in [3.8, 4) is 6.07 Å².